The number of nitrogens with zero attached hydrogens (tertiary/aromatic N) is 2. The normalized spacial score (nSPS) is 22.0. The molecule has 5 amide bonds. The number of carbonyl (C=O) groups is 4. The van der Waals surface area contributed by atoms with Crippen molar-refractivity contribution in [2.45, 2.75) is 65.8 Å². The van der Waals surface area contributed by atoms with Gasteiger partial charge in [-0.25, -0.2) is 4.79 Å². The SMILES string of the molecule is Cc1cc(C(=O)NNC(=O)CN2C(=O)NC3(CCC(C(C)(C)C)CC3)C2=O)c(C)n1-c1ccccc1. The minimum absolute atomic E-state index is 0.143. The minimum Gasteiger partial charge on any atom is -0.323 e. The molecule has 0 atom stereocenters. The number of benzene rings is 1. The van der Waals surface area contributed by atoms with Crippen molar-refractivity contribution in [3.8, 4) is 5.69 Å². The monoisotopic (exact) mass is 493 g/mol. The smallest absolute Gasteiger partial charge is 0.323 e. The first-order valence-electron chi connectivity index (χ1n) is 12.4. The minimum atomic E-state index is -0.933. The Kier molecular flexibility index (Phi) is 6.68. The lowest BCUT2D eigenvalue weighted by Gasteiger charge is -2.40. The Hall–Kier alpha value is -3.62. The molecule has 4 rings (SSSR count). The Labute approximate surface area is 211 Å². The highest BCUT2D eigenvalue weighted by Gasteiger charge is 2.53. The van der Waals surface area contributed by atoms with Crippen LogP contribution in [-0.4, -0.2) is 45.3 Å². The molecule has 2 aliphatic rings. The van der Waals surface area contributed by atoms with Crippen LogP contribution in [0.3, 0.4) is 0 Å². The standard InChI is InChI=1S/C27H35N5O4/c1-17-15-21(18(2)32(17)20-9-7-6-8-10-20)23(34)30-29-22(33)16-31-24(35)27(28-25(31)36)13-11-19(12-14-27)26(3,4)5/h6-10,15,19H,11-14,16H2,1-5H3,(H,28,36)(H,29,33)(H,30,34). The molecule has 1 aliphatic carbocycles. The van der Waals surface area contributed by atoms with Gasteiger partial charge in [0.2, 0.25) is 0 Å². The second-order valence-corrected chi connectivity index (χ2v) is 11.0. The van der Waals surface area contributed by atoms with Crippen molar-refractivity contribution in [1.82, 2.24) is 25.6 Å². The van der Waals surface area contributed by atoms with Crippen LogP contribution in [0.5, 0.6) is 0 Å². The number of carbonyl (C=O) groups excluding carboxylic acids is 4. The molecule has 2 fully saturated rings. The molecule has 1 aliphatic heterocycles. The van der Waals surface area contributed by atoms with E-state index in [4.69, 9.17) is 0 Å². The first-order valence-corrected chi connectivity index (χ1v) is 12.4. The molecule has 1 aromatic heterocycles. The number of hydrazine groups is 1. The number of amides is 5. The maximum absolute atomic E-state index is 13.1. The second kappa shape index (κ2) is 9.44. The maximum Gasteiger partial charge on any atom is 0.325 e. The Bertz CT molecular complexity index is 1190. The molecule has 1 spiro atoms. The van der Waals surface area contributed by atoms with E-state index in [9.17, 15) is 19.2 Å². The molecular weight excluding hydrogens is 458 g/mol. The second-order valence-electron chi connectivity index (χ2n) is 11.0. The summed E-state index contributed by atoms with van der Waals surface area (Å²) < 4.78 is 1.96. The molecule has 2 aromatic rings. The van der Waals surface area contributed by atoms with Gasteiger partial charge in [0.25, 0.3) is 17.7 Å². The van der Waals surface area contributed by atoms with Crippen molar-refractivity contribution in [2.75, 3.05) is 6.54 Å². The third kappa shape index (κ3) is 4.74. The number of aromatic nitrogens is 1. The van der Waals surface area contributed by atoms with Gasteiger partial charge in [-0.3, -0.25) is 30.1 Å². The number of hydrogen-bond acceptors (Lipinski definition) is 4. The van der Waals surface area contributed by atoms with Gasteiger partial charge in [-0.05, 0) is 69.1 Å². The number of urea groups is 1. The first-order chi connectivity index (χ1) is 16.9. The van der Waals surface area contributed by atoms with Gasteiger partial charge in [0, 0.05) is 17.1 Å². The molecule has 3 N–H and O–H groups in total. The van der Waals surface area contributed by atoms with Gasteiger partial charge in [0.1, 0.15) is 12.1 Å². The van der Waals surface area contributed by atoms with Gasteiger partial charge in [-0.1, -0.05) is 39.0 Å². The summed E-state index contributed by atoms with van der Waals surface area (Å²) in [5, 5.41) is 2.84. The fraction of sp³-hybridized carbons (Fsp3) is 0.481. The molecule has 0 unspecified atom stereocenters. The fourth-order valence-corrected chi connectivity index (χ4v) is 5.48. The van der Waals surface area contributed by atoms with Crippen molar-refractivity contribution in [1.29, 1.82) is 0 Å². The lowest BCUT2D eigenvalue weighted by molar-refractivity contribution is -0.136. The molecule has 1 aromatic carbocycles. The quantitative estimate of drug-likeness (QED) is 0.448. The fourth-order valence-electron chi connectivity index (χ4n) is 5.48. The summed E-state index contributed by atoms with van der Waals surface area (Å²) in [5.74, 6) is -1.02. The van der Waals surface area contributed by atoms with Crippen LogP contribution in [0.2, 0.25) is 0 Å². The van der Waals surface area contributed by atoms with E-state index < -0.39 is 29.9 Å². The molecule has 1 saturated heterocycles. The average Bonchev–Trinajstić information content (AvgIpc) is 3.25. The number of imide groups is 1. The van der Waals surface area contributed by atoms with Gasteiger partial charge < -0.3 is 9.88 Å². The molecule has 9 nitrogen and oxygen atoms in total. The van der Waals surface area contributed by atoms with Crippen LogP contribution in [0.15, 0.2) is 36.4 Å². The topological polar surface area (TPSA) is 113 Å². The van der Waals surface area contributed by atoms with E-state index in [1.807, 2.05) is 48.7 Å². The summed E-state index contributed by atoms with van der Waals surface area (Å²) in [6, 6.07) is 10.8. The van der Waals surface area contributed by atoms with Crippen molar-refractivity contribution < 1.29 is 19.2 Å². The third-order valence-electron chi connectivity index (χ3n) is 7.62. The predicted octanol–water partition coefficient (Wildman–Crippen LogP) is 3.38. The van der Waals surface area contributed by atoms with Crippen LogP contribution >= 0.6 is 0 Å². The van der Waals surface area contributed by atoms with Gasteiger partial charge in [-0.15, -0.1) is 0 Å². The van der Waals surface area contributed by atoms with E-state index in [1.54, 1.807) is 6.07 Å². The number of nitrogens with one attached hydrogen (secondary N) is 3. The predicted molar refractivity (Wildman–Crippen MR) is 135 cm³/mol. The van der Waals surface area contributed by atoms with Crippen LogP contribution in [0.1, 0.15) is 68.2 Å². The van der Waals surface area contributed by atoms with Crippen molar-refractivity contribution in [2.24, 2.45) is 11.3 Å². The van der Waals surface area contributed by atoms with Crippen LogP contribution < -0.4 is 16.2 Å². The number of aryl methyl sites for hydroxylation is 1. The first kappa shape index (κ1) is 25.5. The Morgan fingerprint density at radius 1 is 1.06 bits per heavy atom. The highest BCUT2D eigenvalue weighted by molar-refractivity contribution is 6.09. The van der Waals surface area contributed by atoms with Crippen LogP contribution in [0, 0.1) is 25.2 Å². The van der Waals surface area contributed by atoms with Gasteiger partial charge in [0.15, 0.2) is 0 Å². The van der Waals surface area contributed by atoms with E-state index >= 15 is 0 Å². The van der Waals surface area contributed by atoms with Crippen molar-refractivity contribution >= 4 is 23.8 Å². The Balaban J connectivity index is 1.35. The zero-order chi connectivity index (χ0) is 26.3. The number of rotatable bonds is 4. The number of para-hydroxylation sites is 1. The maximum atomic E-state index is 13.1. The van der Waals surface area contributed by atoms with Gasteiger partial charge in [-0.2, -0.15) is 0 Å². The van der Waals surface area contributed by atoms with Crippen molar-refractivity contribution in [3.05, 3.63) is 53.3 Å². The molecule has 1 saturated carbocycles. The summed E-state index contributed by atoms with van der Waals surface area (Å²) in [5.41, 5.74) is 6.91. The van der Waals surface area contributed by atoms with Gasteiger partial charge >= 0.3 is 6.03 Å². The lowest BCUT2D eigenvalue weighted by atomic mass is 9.67. The zero-order valence-corrected chi connectivity index (χ0v) is 21.6. The molecular formula is C27H35N5O4. The molecule has 0 bridgehead atoms. The highest BCUT2D eigenvalue weighted by Crippen LogP contribution is 2.43. The van der Waals surface area contributed by atoms with E-state index in [1.165, 1.54) is 0 Å². The molecule has 9 heteroatoms. The summed E-state index contributed by atoms with van der Waals surface area (Å²) in [7, 11) is 0. The van der Waals surface area contributed by atoms with Crippen molar-refractivity contribution in [3.63, 3.8) is 0 Å². The van der Waals surface area contributed by atoms with E-state index in [-0.39, 0.29) is 11.3 Å². The summed E-state index contributed by atoms with van der Waals surface area (Å²) >= 11 is 0. The van der Waals surface area contributed by atoms with Crippen LogP contribution in [-0.2, 0) is 9.59 Å². The largest absolute Gasteiger partial charge is 0.325 e. The molecule has 36 heavy (non-hydrogen) atoms. The zero-order valence-electron chi connectivity index (χ0n) is 21.6. The lowest BCUT2D eigenvalue weighted by Crippen LogP contribution is -2.51. The number of hydrogen-bond donors (Lipinski definition) is 3. The summed E-state index contributed by atoms with van der Waals surface area (Å²) in [6.07, 6.45) is 2.80. The van der Waals surface area contributed by atoms with E-state index in [0.29, 0.717) is 24.3 Å². The Morgan fingerprint density at radius 3 is 2.31 bits per heavy atom. The highest BCUT2D eigenvalue weighted by atomic mass is 16.2. The van der Waals surface area contributed by atoms with Crippen LogP contribution in [0.4, 0.5) is 4.79 Å². The summed E-state index contributed by atoms with van der Waals surface area (Å²) in [4.78, 5) is 52.0. The average molecular weight is 494 g/mol. The molecule has 192 valence electrons. The molecule has 0 radical (unpaired) electrons. The third-order valence-corrected chi connectivity index (χ3v) is 7.62. The molecule has 2 heterocycles. The Morgan fingerprint density at radius 2 is 1.69 bits per heavy atom. The van der Waals surface area contributed by atoms with Gasteiger partial charge in [0.05, 0.1) is 5.56 Å². The van der Waals surface area contributed by atoms with E-state index in [2.05, 4.69) is 36.9 Å². The summed E-state index contributed by atoms with van der Waals surface area (Å²) in [6.45, 7) is 9.84. The van der Waals surface area contributed by atoms with E-state index in [0.717, 1.165) is 34.8 Å². The van der Waals surface area contributed by atoms with Crippen LogP contribution in [0.25, 0.3) is 5.69 Å².